The number of sulfonamides is 1. The van der Waals surface area contributed by atoms with Crippen molar-refractivity contribution in [2.75, 3.05) is 18.4 Å². The molecule has 9 heteroatoms. The molecule has 168 valence electrons. The van der Waals surface area contributed by atoms with E-state index in [9.17, 15) is 18.0 Å². The van der Waals surface area contributed by atoms with Crippen molar-refractivity contribution in [1.82, 2.24) is 4.90 Å². The number of hydrogen-bond donors (Lipinski definition) is 1. The molecule has 7 nitrogen and oxygen atoms in total. The smallest absolute Gasteiger partial charge is 0.338 e. The molecule has 0 bridgehead atoms. The first-order chi connectivity index (χ1) is 15.2. The fourth-order valence-corrected chi connectivity index (χ4v) is 4.78. The minimum atomic E-state index is -3.91. The predicted molar refractivity (Wildman–Crippen MR) is 124 cm³/mol. The summed E-state index contributed by atoms with van der Waals surface area (Å²) in [6, 6.07) is 15.0. The van der Waals surface area contributed by atoms with Crippen molar-refractivity contribution in [1.29, 1.82) is 0 Å². The second kappa shape index (κ2) is 9.97. The van der Waals surface area contributed by atoms with Crippen LogP contribution in [0.3, 0.4) is 0 Å². The first kappa shape index (κ1) is 23.5. The van der Waals surface area contributed by atoms with Crippen molar-refractivity contribution in [2.45, 2.75) is 25.3 Å². The molecule has 0 saturated carbocycles. The summed E-state index contributed by atoms with van der Waals surface area (Å²) < 4.78 is 33.2. The molecule has 1 heterocycles. The van der Waals surface area contributed by atoms with Crippen LogP contribution in [0.2, 0.25) is 0 Å². The van der Waals surface area contributed by atoms with Crippen LogP contribution in [0.1, 0.15) is 26.4 Å². The van der Waals surface area contributed by atoms with Crippen LogP contribution in [0.15, 0.2) is 64.9 Å². The molecule has 0 spiro atoms. The second-order valence-corrected chi connectivity index (χ2v) is 10.1. The molecule has 1 amide bonds. The summed E-state index contributed by atoms with van der Waals surface area (Å²) in [5, 5.41) is 1.92. The number of thiophene rings is 1. The van der Waals surface area contributed by atoms with Gasteiger partial charge < -0.3 is 9.64 Å². The zero-order valence-corrected chi connectivity index (χ0v) is 19.6. The van der Waals surface area contributed by atoms with Crippen LogP contribution in [0.25, 0.3) is 0 Å². The van der Waals surface area contributed by atoms with Gasteiger partial charge in [-0.3, -0.25) is 9.52 Å². The van der Waals surface area contributed by atoms with E-state index in [4.69, 9.17) is 4.74 Å². The van der Waals surface area contributed by atoms with E-state index in [0.29, 0.717) is 17.8 Å². The third-order valence-corrected chi connectivity index (χ3v) is 6.98. The Bertz CT molecular complexity index is 1220. The van der Waals surface area contributed by atoms with Gasteiger partial charge in [0.25, 0.3) is 15.9 Å². The minimum absolute atomic E-state index is 0.0716. The molecule has 0 aliphatic rings. The first-order valence-electron chi connectivity index (χ1n) is 9.79. The third-order valence-electron chi connectivity index (χ3n) is 4.74. The average Bonchev–Trinajstić information content (AvgIpc) is 3.24. The molecule has 0 aliphatic carbocycles. The Hall–Kier alpha value is -3.17. The number of benzene rings is 2. The summed E-state index contributed by atoms with van der Waals surface area (Å²) in [6.45, 7) is 3.52. The standard InChI is InChI=1S/C23H24N2O5S2/c1-16-6-4-7-18(12-16)24-32(28,29)20-10-9-17(2)21(13-20)23(27)30-15-22(26)25(3)14-19-8-5-11-31-19/h4-13,24H,14-15H2,1-3H3. The summed E-state index contributed by atoms with van der Waals surface area (Å²) in [5.74, 6) is -1.11. The van der Waals surface area contributed by atoms with Crippen LogP contribution in [-0.4, -0.2) is 38.8 Å². The maximum atomic E-state index is 12.8. The topological polar surface area (TPSA) is 92.8 Å². The number of ether oxygens (including phenoxy) is 1. The zero-order chi connectivity index (χ0) is 23.3. The number of nitrogens with zero attached hydrogens (tertiary/aromatic N) is 1. The number of carbonyl (C=O) groups excluding carboxylic acids is 2. The third kappa shape index (κ3) is 5.95. The fraction of sp³-hybridized carbons (Fsp3) is 0.217. The normalized spacial score (nSPS) is 11.1. The maximum absolute atomic E-state index is 12.8. The summed E-state index contributed by atoms with van der Waals surface area (Å²) in [7, 11) is -2.28. The highest BCUT2D eigenvalue weighted by Crippen LogP contribution is 2.21. The van der Waals surface area contributed by atoms with Crippen LogP contribution in [0, 0.1) is 13.8 Å². The summed E-state index contributed by atoms with van der Waals surface area (Å²) in [4.78, 5) is 27.3. The van der Waals surface area contributed by atoms with Crippen molar-refractivity contribution in [3.8, 4) is 0 Å². The van der Waals surface area contributed by atoms with Crippen molar-refractivity contribution in [3.63, 3.8) is 0 Å². The minimum Gasteiger partial charge on any atom is -0.452 e. The van der Waals surface area contributed by atoms with Crippen LogP contribution in [0.5, 0.6) is 0 Å². The Labute approximate surface area is 191 Å². The van der Waals surface area contributed by atoms with E-state index in [1.807, 2.05) is 30.5 Å². The van der Waals surface area contributed by atoms with Gasteiger partial charge in [-0.25, -0.2) is 13.2 Å². The Kier molecular flexibility index (Phi) is 7.32. The van der Waals surface area contributed by atoms with Gasteiger partial charge in [0.05, 0.1) is 17.0 Å². The fourth-order valence-electron chi connectivity index (χ4n) is 2.95. The molecule has 3 aromatic rings. The van der Waals surface area contributed by atoms with Crippen LogP contribution >= 0.6 is 11.3 Å². The molecule has 0 radical (unpaired) electrons. The highest BCUT2D eigenvalue weighted by molar-refractivity contribution is 7.92. The SMILES string of the molecule is Cc1cccc(NS(=O)(=O)c2ccc(C)c(C(=O)OCC(=O)N(C)Cc3cccs3)c2)c1. The van der Waals surface area contributed by atoms with Crippen molar-refractivity contribution in [2.24, 2.45) is 0 Å². The monoisotopic (exact) mass is 472 g/mol. The van der Waals surface area contributed by atoms with Gasteiger partial charge in [-0.15, -0.1) is 11.3 Å². The van der Waals surface area contributed by atoms with Crippen molar-refractivity contribution >= 4 is 38.9 Å². The highest BCUT2D eigenvalue weighted by Gasteiger charge is 2.20. The number of esters is 1. The van der Waals surface area contributed by atoms with Gasteiger partial charge >= 0.3 is 5.97 Å². The molecule has 0 saturated heterocycles. The molecule has 3 rings (SSSR count). The van der Waals surface area contributed by atoms with E-state index >= 15 is 0 Å². The van der Waals surface area contributed by atoms with E-state index in [1.54, 1.807) is 32.2 Å². The molecule has 32 heavy (non-hydrogen) atoms. The molecular formula is C23H24N2O5S2. The Balaban J connectivity index is 1.69. The average molecular weight is 473 g/mol. The van der Waals surface area contributed by atoms with E-state index < -0.39 is 22.6 Å². The van der Waals surface area contributed by atoms with Gasteiger partial charge in [0.2, 0.25) is 0 Å². The molecular weight excluding hydrogens is 448 g/mol. The Morgan fingerprint density at radius 2 is 1.84 bits per heavy atom. The molecule has 0 fully saturated rings. The van der Waals surface area contributed by atoms with Gasteiger partial charge in [-0.1, -0.05) is 24.3 Å². The number of likely N-dealkylation sites (N-methyl/N-ethyl adjacent to an activating group) is 1. The lowest BCUT2D eigenvalue weighted by molar-refractivity contribution is -0.133. The molecule has 0 aliphatic heterocycles. The lowest BCUT2D eigenvalue weighted by atomic mass is 10.1. The highest BCUT2D eigenvalue weighted by atomic mass is 32.2. The molecule has 1 aromatic heterocycles. The van der Waals surface area contributed by atoms with Gasteiger partial charge in [-0.05, 0) is 60.7 Å². The molecule has 1 N–H and O–H groups in total. The number of hydrogen-bond acceptors (Lipinski definition) is 6. The molecule has 0 atom stereocenters. The van der Waals surface area contributed by atoms with E-state index in [2.05, 4.69) is 4.72 Å². The van der Waals surface area contributed by atoms with Crippen LogP contribution < -0.4 is 4.72 Å². The number of anilines is 1. The van der Waals surface area contributed by atoms with Crippen LogP contribution in [0.4, 0.5) is 5.69 Å². The second-order valence-electron chi connectivity index (χ2n) is 7.36. The van der Waals surface area contributed by atoms with Gasteiger partial charge in [0, 0.05) is 17.6 Å². The summed E-state index contributed by atoms with van der Waals surface area (Å²) in [5.41, 5.74) is 1.97. The van der Waals surface area contributed by atoms with E-state index in [1.165, 1.54) is 34.4 Å². The maximum Gasteiger partial charge on any atom is 0.338 e. The van der Waals surface area contributed by atoms with Gasteiger partial charge in [-0.2, -0.15) is 0 Å². The number of amides is 1. The lowest BCUT2D eigenvalue weighted by Gasteiger charge is -2.16. The number of rotatable bonds is 8. The van der Waals surface area contributed by atoms with Crippen molar-refractivity contribution in [3.05, 3.63) is 81.5 Å². The number of carbonyl (C=O) groups is 2. The quantitative estimate of drug-likeness (QED) is 0.501. The van der Waals surface area contributed by atoms with Gasteiger partial charge in [0.1, 0.15) is 0 Å². The lowest BCUT2D eigenvalue weighted by Crippen LogP contribution is -2.30. The Morgan fingerprint density at radius 3 is 2.53 bits per heavy atom. The molecule has 2 aromatic carbocycles. The summed E-state index contributed by atoms with van der Waals surface area (Å²) in [6.07, 6.45) is 0. The van der Waals surface area contributed by atoms with Gasteiger partial charge in [0.15, 0.2) is 6.61 Å². The number of aryl methyl sites for hydroxylation is 2. The van der Waals surface area contributed by atoms with E-state index in [0.717, 1.165) is 10.4 Å². The van der Waals surface area contributed by atoms with Crippen molar-refractivity contribution < 1.29 is 22.7 Å². The number of nitrogens with one attached hydrogen (secondary N) is 1. The van der Waals surface area contributed by atoms with Crippen LogP contribution in [-0.2, 0) is 26.1 Å². The molecule has 0 unspecified atom stereocenters. The largest absolute Gasteiger partial charge is 0.452 e. The first-order valence-corrected chi connectivity index (χ1v) is 12.2. The van der Waals surface area contributed by atoms with E-state index in [-0.39, 0.29) is 16.4 Å². The Morgan fingerprint density at radius 1 is 1.06 bits per heavy atom. The summed E-state index contributed by atoms with van der Waals surface area (Å²) >= 11 is 1.53. The predicted octanol–water partition coefficient (Wildman–Crippen LogP) is 3.98. The zero-order valence-electron chi connectivity index (χ0n) is 18.0.